The largest absolute Gasteiger partial charge is 0.478 e. The van der Waals surface area contributed by atoms with Crippen LogP contribution in [0.3, 0.4) is 0 Å². The minimum Gasteiger partial charge on any atom is -0.478 e. The van der Waals surface area contributed by atoms with Gasteiger partial charge >= 0.3 is 17.9 Å². The van der Waals surface area contributed by atoms with E-state index < -0.39 is 17.9 Å². The zero-order valence-electron chi connectivity index (χ0n) is 15.9. The molecule has 0 bridgehead atoms. The number of hydrogen-bond acceptors (Lipinski definition) is 3. The first-order chi connectivity index (χ1) is 11.3. The average molecular weight is 399 g/mol. The monoisotopic (exact) mass is 399 g/mol. The van der Waals surface area contributed by atoms with Gasteiger partial charge in [-0.3, -0.25) is 6.08 Å². The maximum atomic E-state index is 9.25. The molecule has 0 aromatic heterocycles. The summed E-state index contributed by atoms with van der Waals surface area (Å²) in [5.41, 5.74) is 4.39. The fourth-order valence-corrected chi connectivity index (χ4v) is 1.41. The van der Waals surface area contributed by atoms with Crippen LogP contribution < -0.4 is 0 Å². The number of rotatable bonds is 3. The summed E-state index contributed by atoms with van der Waals surface area (Å²) in [6.07, 6.45) is 5.94. The number of carboxylic acid groups (broad SMARTS) is 3. The average Bonchev–Trinajstić information content (AvgIpc) is 2.70. The van der Waals surface area contributed by atoms with E-state index >= 15 is 0 Å². The van der Waals surface area contributed by atoms with Crippen LogP contribution in [0.25, 0.3) is 0 Å². The van der Waals surface area contributed by atoms with Gasteiger partial charge in [-0.1, -0.05) is 52.8 Å². The van der Waals surface area contributed by atoms with Crippen LogP contribution in [0.5, 0.6) is 0 Å². The van der Waals surface area contributed by atoms with Crippen LogP contribution in [0.1, 0.15) is 34.6 Å². The van der Waals surface area contributed by atoms with Gasteiger partial charge in [-0.05, 0) is 0 Å². The summed E-state index contributed by atoms with van der Waals surface area (Å²) >= 11 is 0. The van der Waals surface area contributed by atoms with Gasteiger partial charge in [0.05, 0.1) is 0 Å². The zero-order chi connectivity index (χ0) is 20.8. The third-order valence-electron chi connectivity index (χ3n) is 3.09. The molecule has 3 N–H and O–H groups in total. The van der Waals surface area contributed by atoms with Gasteiger partial charge < -0.3 is 15.3 Å². The number of carbonyl (C=O) groups is 3. The van der Waals surface area contributed by atoms with E-state index in [1.54, 1.807) is 0 Å². The molecule has 7 heteroatoms. The Labute approximate surface area is 170 Å². The van der Waals surface area contributed by atoms with Gasteiger partial charge in [0.15, 0.2) is 0 Å². The molecule has 144 valence electrons. The fraction of sp³-hybridized carbons (Fsp3) is 0.316. The van der Waals surface area contributed by atoms with Gasteiger partial charge in [-0.15, -0.1) is 6.92 Å². The molecule has 0 atom stereocenters. The maximum Gasteiger partial charge on any atom is 0.327 e. The topological polar surface area (TPSA) is 112 Å². The van der Waals surface area contributed by atoms with Gasteiger partial charge in [-0.2, -0.15) is 11.1 Å². The van der Waals surface area contributed by atoms with Gasteiger partial charge in [0, 0.05) is 39.9 Å². The van der Waals surface area contributed by atoms with E-state index in [1.807, 2.05) is 0 Å². The van der Waals surface area contributed by atoms with E-state index in [9.17, 15) is 14.4 Å². The molecule has 6 nitrogen and oxygen atoms in total. The Balaban J connectivity index is -0.000000132. The van der Waals surface area contributed by atoms with Crippen molar-refractivity contribution in [2.45, 2.75) is 34.6 Å². The summed E-state index contributed by atoms with van der Waals surface area (Å²) in [5, 5.41) is 22.8. The van der Waals surface area contributed by atoms with Crippen LogP contribution >= 0.6 is 0 Å². The molecule has 0 radical (unpaired) electrons. The molecule has 0 spiro atoms. The molecule has 0 aromatic carbocycles. The number of hydrogen-bond donors (Lipinski definition) is 3. The Morgan fingerprint density at radius 1 is 0.846 bits per heavy atom. The predicted molar refractivity (Wildman–Crippen MR) is 98.1 cm³/mol. The molecule has 0 saturated carbocycles. The van der Waals surface area contributed by atoms with E-state index in [1.165, 1.54) is 16.7 Å². The van der Waals surface area contributed by atoms with Crippen molar-refractivity contribution in [2.24, 2.45) is 5.41 Å². The van der Waals surface area contributed by atoms with Crippen molar-refractivity contribution in [1.29, 1.82) is 0 Å². The summed E-state index contributed by atoms with van der Waals surface area (Å²) in [6.45, 7) is 19.8. The molecule has 0 saturated heterocycles. The molecule has 1 aliphatic carbocycles. The van der Waals surface area contributed by atoms with Crippen LogP contribution in [-0.2, 0) is 36.1 Å². The summed E-state index contributed by atoms with van der Waals surface area (Å²) in [6, 6.07) is 0. The van der Waals surface area contributed by atoms with Crippen LogP contribution in [-0.4, -0.2) is 33.2 Å². The van der Waals surface area contributed by atoms with Crippen molar-refractivity contribution in [1.82, 2.24) is 0 Å². The summed E-state index contributed by atoms with van der Waals surface area (Å²) in [5.74, 6) is -2.94. The first-order valence-corrected chi connectivity index (χ1v) is 7.12. The van der Waals surface area contributed by atoms with E-state index in [0.29, 0.717) is 0 Å². The summed E-state index contributed by atoms with van der Waals surface area (Å²) < 4.78 is 0. The molecule has 0 heterocycles. The third-order valence-corrected chi connectivity index (χ3v) is 3.09. The van der Waals surface area contributed by atoms with Crippen LogP contribution in [0, 0.1) is 11.5 Å². The fourth-order valence-electron chi connectivity index (χ4n) is 1.41. The minimum absolute atomic E-state index is 0. The van der Waals surface area contributed by atoms with E-state index in [4.69, 9.17) is 15.3 Å². The Hall–Kier alpha value is -2.18. The second-order valence-corrected chi connectivity index (χ2v) is 5.25. The third kappa shape index (κ3) is 18.2. The molecule has 0 amide bonds. The number of carboxylic acids is 3. The molecule has 0 aromatic rings. The molecule has 1 aliphatic rings. The second kappa shape index (κ2) is 16.3. The predicted octanol–water partition coefficient (Wildman–Crippen LogP) is 3.88. The normalized spacial score (nSPS) is 12.7. The quantitative estimate of drug-likeness (QED) is 0.377. The second-order valence-electron chi connectivity index (χ2n) is 5.25. The van der Waals surface area contributed by atoms with Gasteiger partial charge in [-0.25, -0.2) is 20.0 Å². The van der Waals surface area contributed by atoms with Gasteiger partial charge in [0.25, 0.3) is 0 Å². The van der Waals surface area contributed by atoms with Crippen LogP contribution in [0.4, 0.5) is 0 Å². The zero-order valence-corrected chi connectivity index (χ0v) is 17.5. The van der Waals surface area contributed by atoms with Crippen molar-refractivity contribution in [3.63, 3.8) is 0 Å². The Morgan fingerprint density at radius 2 is 1.08 bits per heavy atom. The van der Waals surface area contributed by atoms with Gasteiger partial charge in [0.1, 0.15) is 0 Å². The van der Waals surface area contributed by atoms with Gasteiger partial charge in [0.2, 0.25) is 0 Å². The molecule has 0 unspecified atom stereocenters. The molecular formula is C19H27O6Ti-. The maximum absolute atomic E-state index is 9.25. The molecule has 26 heavy (non-hydrogen) atoms. The standard InChI is InChI=1S/C10H15.3C3H4O2.Ti/c1-7-6-10(4,5)9(3)8(7)2;3*1-2-3(4)5;/h1-5H3;3*2H,1H2,(H,4,5);/q-1;;;;. The van der Waals surface area contributed by atoms with E-state index in [0.717, 1.165) is 18.2 Å². The van der Waals surface area contributed by atoms with Crippen LogP contribution in [0.2, 0.25) is 0 Å². The molecule has 1 rings (SSSR count). The summed E-state index contributed by atoms with van der Waals surface area (Å²) in [4.78, 5) is 27.8. The Morgan fingerprint density at radius 3 is 1.12 bits per heavy atom. The van der Waals surface area contributed by atoms with Crippen molar-refractivity contribution < 1.29 is 51.4 Å². The molecule has 0 aliphatic heterocycles. The van der Waals surface area contributed by atoms with Crippen molar-refractivity contribution in [3.8, 4) is 0 Å². The first kappa shape index (κ1) is 31.6. The van der Waals surface area contributed by atoms with E-state index in [-0.39, 0.29) is 27.1 Å². The van der Waals surface area contributed by atoms with Crippen LogP contribution in [0.15, 0.2) is 54.7 Å². The Kier molecular flexibility index (Phi) is 19.8. The first-order valence-electron chi connectivity index (χ1n) is 7.12. The SMILES string of the molecule is C=CC(=O)O.C=CC(=O)O.C=CC(=O)O.CC1=[C-]C(C)(C)C(C)=C1C.[Ti]. The van der Waals surface area contributed by atoms with Crippen molar-refractivity contribution >= 4 is 17.9 Å². The summed E-state index contributed by atoms with van der Waals surface area (Å²) in [7, 11) is 0. The minimum atomic E-state index is -0.981. The van der Waals surface area contributed by atoms with Crippen molar-refractivity contribution in [3.05, 3.63) is 60.8 Å². The molecular weight excluding hydrogens is 372 g/mol. The molecule has 0 fully saturated rings. The Bertz CT molecular complexity index is 540. The number of aliphatic carboxylic acids is 3. The van der Waals surface area contributed by atoms with E-state index in [2.05, 4.69) is 60.4 Å². The van der Waals surface area contributed by atoms with Crippen molar-refractivity contribution in [2.75, 3.05) is 0 Å². The smallest absolute Gasteiger partial charge is 0.327 e. The number of allylic oxidation sites excluding steroid dienone is 4.